The molecule has 1 aliphatic heterocycles. The highest BCUT2D eigenvalue weighted by Crippen LogP contribution is 2.30. The molecule has 1 saturated heterocycles. The van der Waals surface area contributed by atoms with Crippen molar-refractivity contribution in [2.24, 2.45) is 0 Å². The Hall–Kier alpha value is -2.66. The second kappa shape index (κ2) is 5.70. The lowest BCUT2D eigenvalue weighted by atomic mass is 9.92. The Bertz CT molecular complexity index is 1020. The Kier molecular flexibility index (Phi) is 3.35. The van der Waals surface area contributed by atoms with Crippen molar-refractivity contribution in [2.45, 2.75) is 31.7 Å². The predicted molar refractivity (Wildman–Crippen MR) is 97.3 cm³/mol. The molecule has 0 aliphatic carbocycles. The van der Waals surface area contributed by atoms with E-state index in [-0.39, 0.29) is 0 Å². The molecule has 2 atom stereocenters. The fourth-order valence-electron chi connectivity index (χ4n) is 3.81. The number of hydrogen-bond donors (Lipinski definition) is 2. The number of nitrogens with one attached hydrogen (secondary N) is 3. The van der Waals surface area contributed by atoms with Crippen LogP contribution in [-0.4, -0.2) is 22.6 Å². The van der Waals surface area contributed by atoms with E-state index in [1.54, 1.807) is 0 Å². The average molecular weight is 333 g/mol. The van der Waals surface area contributed by atoms with Crippen molar-refractivity contribution in [1.82, 2.24) is 15.3 Å². The first-order valence-electron chi connectivity index (χ1n) is 8.90. The van der Waals surface area contributed by atoms with Gasteiger partial charge in [0, 0.05) is 17.5 Å². The second-order valence-corrected chi connectivity index (χ2v) is 6.99. The van der Waals surface area contributed by atoms with Crippen LogP contribution in [0.4, 0.5) is 0 Å². The molecule has 0 bridgehead atoms. The van der Waals surface area contributed by atoms with Crippen molar-refractivity contribution in [2.75, 3.05) is 6.54 Å². The number of aromatic nitrogens is 3. The topological polar surface area (TPSA) is 68.0 Å². The van der Waals surface area contributed by atoms with Gasteiger partial charge in [-0.15, -0.1) is 0 Å². The van der Waals surface area contributed by atoms with Crippen molar-refractivity contribution >= 4 is 22.0 Å². The Labute approximate surface area is 145 Å². The zero-order chi connectivity index (χ0) is 16.8. The molecule has 4 aromatic rings. The number of fused-ring (bicyclic) bond motifs is 2. The number of benzene rings is 1. The summed E-state index contributed by atoms with van der Waals surface area (Å²) in [5.41, 5.74) is 3.85. The molecule has 5 nitrogen and oxygen atoms in total. The van der Waals surface area contributed by atoms with Gasteiger partial charge in [0.15, 0.2) is 5.76 Å². The van der Waals surface area contributed by atoms with E-state index in [0.717, 1.165) is 58.7 Å². The zero-order valence-corrected chi connectivity index (χ0v) is 14.2. The molecule has 5 rings (SSSR count). The second-order valence-electron chi connectivity index (χ2n) is 6.99. The first-order valence-corrected chi connectivity index (χ1v) is 8.90. The monoisotopic (exact) mass is 333 g/mol. The van der Waals surface area contributed by atoms with E-state index in [1.165, 1.54) is 0 Å². The van der Waals surface area contributed by atoms with Crippen LogP contribution in [0.3, 0.4) is 0 Å². The van der Waals surface area contributed by atoms with E-state index in [9.17, 15) is 0 Å². The molecule has 1 aromatic carbocycles. The normalized spacial score (nSPS) is 21.2. The van der Waals surface area contributed by atoms with E-state index in [4.69, 9.17) is 9.40 Å². The Balaban J connectivity index is 1.53. The first kappa shape index (κ1) is 14.7. The van der Waals surface area contributed by atoms with Crippen molar-refractivity contribution in [1.29, 1.82) is 0 Å². The van der Waals surface area contributed by atoms with E-state index >= 15 is 0 Å². The summed E-state index contributed by atoms with van der Waals surface area (Å²) in [7, 11) is 0. The summed E-state index contributed by atoms with van der Waals surface area (Å²) >= 11 is 0. The largest absolute Gasteiger partial charge is 0.455 e. The fraction of sp³-hybridized carbons (Fsp3) is 0.300. The predicted octanol–water partition coefficient (Wildman–Crippen LogP) is 3.65. The molecule has 3 aromatic heterocycles. The maximum atomic E-state index is 5.97. The number of aromatic amines is 2. The number of H-pyrrole nitrogens is 2. The number of rotatable bonds is 2. The molecular weight excluding hydrogens is 312 g/mol. The van der Waals surface area contributed by atoms with E-state index in [2.05, 4.69) is 40.4 Å². The Morgan fingerprint density at radius 2 is 2.16 bits per heavy atom. The minimum Gasteiger partial charge on any atom is -0.455 e. The highest BCUT2D eigenvalue weighted by Gasteiger charge is 2.27. The van der Waals surface area contributed by atoms with Gasteiger partial charge in [-0.2, -0.15) is 0 Å². The summed E-state index contributed by atoms with van der Waals surface area (Å²) < 4.78 is 5.97. The molecule has 4 heterocycles. The smallest absolute Gasteiger partial charge is 0.300 e. The number of hydrogen-bond acceptors (Lipinski definition) is 3. The molecule has 5 heteroatoms. The fourth-order valence-corrected chi connectivity index (χ4v) is 3.81. The van der Waals surface area contributed by atoms with Gasteiger partial charge in [0.05, 0.1) is 11.6 Å². The summed E-state index contributed by atoms with van der Waals surface area (Å²) in [6, 6.07) is 12.8. The third kappa shape index (κ3) is 2.61. The van der Waals surface area contributed by atoms with Gasteiger partial charge in [-0.25, -0.2) is 4.98 Å². The third-order valence-electron chi connectivity index (χ3n) is 5.13. The van der Waals surface area contributed by atoms with Crippen LogP contribution in [0.15, 0.2) is 47.0 Å². The van der Waals surface area contributed by atoms with Gasteiger partial charge in [-0.1, -0.05) is 18.2 Å². The van der Waals surface area contributed by atoms with Gasteiger partial charge in [-0.05, 0) is 43.4 Å². The maximum Gasteiger partial charge on any atom is 0.300 e. The van der Waals surface area contributed by atoms with Crippen LogP contribution >= 0.6 is 0 Å². The quantitative estimate of drug-likeness (QED) is 0.588. The lowest BCUT2D eigenvalue weighted by Gasteiger charge is -2.24. The van der Waals surface area contributed by atoms with Crippen molar-refractivity contribution in [3.8, 4) is 11.5 Å². The molecule has 0 amide bonds. The summed E-state index contributed by atoms with van der Waals surface area (Å²) in [4.78, 5) is 11.7. The Morgan fingerprint density at radius 1 is 1.24 bits per heavy atom. The Morgan fingerprint density at radius 3 is 3.04 bits per heavy atom. The number of para-hydroxylation sites is 1. The molecular formula is C20H21N4O+. The molecule has 126 valence electrons. The van der Waals surface area contributed by atoms with Crippen LogP contribution < -0.4 is 10.3 Å². The minimum absolute atomic E-state index is 0.491. The van der Waals surface area contributed by atoms with Crippen molar-refractivity contribution in [3.63, 3.8) is 0 Å². The molecule has 1 fully saturated rings. The molecule has 2 unspecified atom stereocenters. The minimum atomic E-state index is 0.491. The van der Waals surface area contributed by atoms with Crippen molar-refractivity contribution < 1.29 is 9.40 Å². The standard InChI is InChI=1S/C20H20N4O/c1-12-8-14(6-7-21-12)20-22-11-17-15(24-20)10-16(23-17)19-9-13-4-2-3-5-18(13)25-19/h2-5,9-12,14,21,23H,6-8H2,1H3/p+1. The summed E-state index contributed by atoms with van der Waals surface area (Å²) in [5.74, 6) is 2.41. The van der Waals surface area contributed by atoms with Gasteiger partial charge in [0.1, 0.15) is 17.3 Å². The van der Waals surface area contributed by atoms with Crippen LogP contribution in [-0.2, 0) is 0 Å². The number of nitrogens with zero attached hydrogens (tertiary/aromatic N) is 1. The summed E-state index contributed by atoms with van der Waals surface area (Å²) in [6.07, 6.45) is 4.27. The van der Waals surface area contributed by atoms with E-state index in [1.807, 2.05) is 24.4 Å². The highest BCUT2D eigenvalue weighted by atomic mass is 16.3. The van der Waals surface area contributed by atoms with E-state index in [0.29, 0.717) is 12.0 Å². The van der Waals surface area contributed by atoms with E-state index < -0.39 is 0 Å². The molecule has 0 spiro atoms. The zero-order valence-electron chi connectivity index (χ0n) is 14.2. The SMILES string of the molecule is CC1CC(c2nc3cc(-c4cc5ccccc5o4)[nH]c3c[nH+]2)CCN1. The highest BCUT2D eigenvalue weighted by molar-refractivity contribution is 5.85. The van der Waals surface area contributed by atoms with Gasteiger partial charge < -0.3 is 14.7 Å². The first-order chi connectivity index (χ1) is 12.3. The summed E-state index contributed by atoms with van der Waals surface area (Å²) in [6.45, 7) is 3.29. The van der Waals surface area contributed by atoms with Gasteiger partial charge in [-0.3, -0.25) is 0 Å². The molecule has 1 aliphatic rings. The molecule has 0 radical (unpaired) electrons. The lowest BCUT2D eigenvalue weighted by Crippen LogP contribution is -2.36. The number of furan rings is 1. The lowest BCUT2D eigenvalue weighted by molar-refractivity contribution is -0.397. The molecule has 0 saturated carbocycles. The average Bonchev–Trinajstić information content (AvgIpc) is 3.24. The van der Waals surface area contributed by atoms with Crippen LogP contribution in [0.1, 0.15) is 31.5 Å². The third-order valence-corrected chi connectivity index (χ3v) is 5.13. The maximum absolute atomic E-state index is 5.97. The van der Waals surface area contributed by atoms with Crippen LogP contribution in [0.25, 0.3) is 33.5 Å². The van der Waals surface area contributed by atoms with Crippen LogP contribution in [0, 0.1) is 0 Å². The van der Waals surface area contributed by atoms with Gasteiger partial charge in [0.25, 0.3) is 5.82 Å². The molecule has 25 heavy (non-hydrogen) atoms. The van der Waals surface area contributed by atoms with Gasteiger partial charge in [0.2, 0.25) is 5.52 Å². The van der Waals surface area contributed by atoms with Crippen LogP contribution in [0.2, 0.25) is 0 Å². The van der Waals surface area contributed by atoms with Gasteiger partial charge >= 0.3 is 0 Å². The summed E-state index contributed by atoms with van der Waals surface area (Å²) in [5, 5.41) is 4.61. The molecule has 3 N–H and O–H groups in total. The van der Waals surface area contributed by atoms with Crippen LogP contribution in [0.5, 0.6) is 0 Å². The number of piperidine rings is 1. The van der Waals surface area contributed by atoms with Crippen molar-refractivity contribution in [3.05, 3.63) is 48.4 Å².